The van der Waals surface area contributed by atoms with Crippen LogP contribution in [-0.4, -0.2) is 26.4 Å². The molecular formula is C22H20N6S. The van der Waals surface area contributed by atoms with E-state index in [4.69, 9.17) is 10.2 Å². The van der Waals surface area contributed by atoms with E-state index in [-0.39, 0.29) is 0 Å². The van der Waals surface area contributed by atoms with Crippen molar-refractivity contribution in [2.45, 2.75) is 25.4 Å². The van der Waals surface area contributed by atoms with Crippen LogP contribution in [0.3, 0.4) is 0 Å². The topological polar surface area (TPSA) is 80.6 Å². The number of anilines is 2. The van der Waals surface area contributed by atoms with E-state index in [1.54, 1.807) is 6.20 Å². The third kappa shape index (κ3) is 3.60. The highest BCUT2D eigenvalue weighted by molar-refractivity contribution is 7.16. The molecule has 0 spiro atoms. The number of likely N-dealkylation sites (tertiary alicyclic amines) is 1. The molecule has 1 atom stereocenters. The van der Waals surface area contributed by atoms with Gasteiger partial charge in [0, 0.05) is 23.6 Å². The first kappa shape index (κ1) is 17.9. The van der Waals surface area contributed by atoms with Crippen LogP contribution in [0.25, 0.3) is 10.9 Å². The van der Waals surface area contributed by atoms with Gasteiger partial charge in [-0.3, -0.25) is 4.90 Å². The molecule has 7 heteroatoms. The molecule has 1 saturated heterocycles. The van der Waals surface area contributed by atoms with E-state index < -0.39 is 0 Å². The maximum Gasteiger partial charge on any atom is 0.189 e. The molecule has 5 rings (SSSR count). The van der Waals surface area contributed by atoms with Crippen molar-refractivity contribution in [3.63, 3.8) is 0 Å². The number of nitrogens with zero attached hydrogens (tertiary/aromatic N) is 4. The van der Waals surface area contributed by atoms with Crippen LogP contribution in [0.2, 0.25) is 0 Å². The zero-order valence-electron chi connectivity index (χ0n) is 15.8. The quantitative estimate of drug-likeness (QED) is 0.494. The Bertz CT molecular complexity index is 1190. The average Bonchev–Trinajstić information content (AvgIpc) is 3.49. The van der Waals surface area contributed by atoms with Gasteiger partial charge >= 0.3 is 0 Å². The monoisotopic (exact) mass is 400 g/mol. The minimum absolute atomic E-state index is 0.303. The fraction of sp³-hybridized carbons (Fsp3) is 0.227. The number of fused-ring (bicyclic) bond motifs is 1. The molecule has 144 valence electrons. The predicted octanol–water partition coefficient (Wildman–Crippen LogP) is 4.97. The van der Waals surface area contributed by atoms with E-state index in [0.717, 1.165) is 31.0 Å². The molecule has 29 heavy (non-hydrogen) atoms. The molecule has 0 saturated carbocycles. The summed E-state index contributed by atoms with van der Waals surface area (Å²) in [6, 6.07) is 17.1. The van der Waals surface area contributed by atoms with Crippen molar-refractivity contribution in [2.75, 3.05) is 11.9 Å². The summed E-state index contributed by atoms with van der Waals surface area (Å²) in [5, 5.41) is 14.2. The van der Waals surface area contributed by atoms with Gasteiger partial charge in [-0.05, 0) is 49.2 Å². The van der Waals surface area contributed by atoms with E-state index in [2.05, 4.69) is 56.6 Å². The number of hydrogen-bond donors (Lipinski definition) is 2. The van der Waals surface area contributed by atoms with Crippen molar-refractivity contribution < 1.29 is 0 Å². The third-order valence-corrected chi connectivity index (χ3v) is 6.20. The Labute approximate surface area is 172 Å². The van der Waals surface area contributed by atoms with Crippen LogP contribution in [0.4, 0.5) is 10.9 Å². The van der Waals surface area contributed by atoms with Crippen LogP contribution in [0, 0.1) is 11.3 Å². The maximum atomic E-state index is 8.98. The first-order valence-corrected chi connectivity index (χ1v) is 10.5. The summed E-state index contributed by atoms with van der Waals surface area (Å²) in [5.74, 6) is 0.765. The van der Waals surface area contributed by atoms with E-state index in [1.165, 1.54) is 34.2 Å². The highest BCUT2D eigenvalue weighted by atomic mass is 32.1. The number of rotatable bonds is 5. The highest BCUT2D eigenvalue weighted by Crippen LogP contribution is 2.34. The standard InChI is InChI=1S/C22H20N6S/c23-12-16-13-25-22(29-16)27-21-8-2-6-19(26-21)20-7-3-11-28(20)14-15-4-1-5-18-17(15)9-10-24-18/h1-2,4-6,8-10,13,20,24H,3,7,11,14H2,(H,25,26,27). The first-order chi connectivity index (χ1) is 14.3. The summed E-state index contributed by atoms with van der Waals surface area (Å²) in [6.07, 6.45) is 5.86. The van der Waals surface area contributed by atoms with Gasteiger partial charge in [0.1, 0.15) is 16.8 Å². The second-order valence-corrected chi connectivity index (χ2v) is 8.23. The summed E-state index contributed by atoms with van der Waals surface area (Å²) in [4.78, 5) is 15.5. The van der Waals surface area contributed by atoms with E-state index in [1.807, 2.05) is 18.3 Å². The van der Waals surface area contributed by atoms with E-state index in [9.17, 15) is 0 Å². The minimum atomic E-state index is 0.303. The van der Waals surface area contributed by atoms with Gasteiger partial charge in [-0.15, -0.1) is 0 Å². The second-order valence-electron chi connectivity index (χ2n) is 7.20. The van der Waals surface area contributed by atoms with Crippen molar-refractivity contribution in [1.29, 1.82) is 5.26 Å². The normalized spacial score (nSPS) is 16.9. The zero-order valence-corrected chi connectivity index (χ0v) is 16.6. The summed E-state index contributed by atoms with van der Waals surface area (Å²) >= 11 is 1.33. The zero-order chi connectivity index (χ0) is 19.6. The number of pyridine rings is 1. The Balaban J connectivity index is 1.37. The Morgan fingerprint density at radius 3 is 3.07 bits per heavy atom. The predicted molar refractivity (Wildman–Crippen MR) is 115 cm³/mol. The van der Waals surface area contributed by atoms with E-state index >= 15 is 0 Å². The SMILES string of the molecule is N#Cc1cnc(Nc2cccc(C3CCCN3Cc3cccc4[nH]ccc34)n2)s1. The molecule has 1 fully saturated rings. The number of nitriles is 1. The van der Waals surface area contributed by atoms with Crippen molar-refractivity contribution in [3.8, 4) is 6.07 Å². The Hall–Kier alpha value is -3.21. The summed E-state index contributed by atoms with van der Waals surface area (Å²) in [6.45, 7) is 1.99. The van der Waals surface area contributed by atoms with Gasteiger partial charge in [0.05, 0.1) is 17.9 Å². The highest BCUT2D eigenvalue weighted by Gasteiger charge is 2.27. The largest absolute Gasteiger partial charge is 0.361 e. The summed E-state index contributed by atoms with van der Waals surface area (Å²) in [5.41, 5.74) is 3.60. The van der Waals surface area contributed by atoms with E-state index in [0.29, 0.717) is 16.1 Å². The number of hydrogen-bond acceptors (Lipinski definition) is 6. The van der Waals surface area contributed by atoms with Crippen LogP contribution in [-0.2, 0) is 6.54 Å². The fourth-order valence-corrected chi connectivity index (χ4v) is 4.68. The molecule has 0 amide bonds. The van der Waals surface area contributed by atoms with Crippen LogP contribution < -0.4 is 5.32 Å². The lowest BCUT2D eigenvalue weighted by Crippen LogP contribution is -2.23. The van der Waals surface area contributed by atoms with Gasteiger partial charge in [-0.25, -0.2) is 9.97 Å². The lowest BCUT2D eigenvalue weighted by molar-refractivity contribution is 0.245. The molecule has 2 N–H and O–H groups in total. The smallest absolute Gasteiger partial charge is 0.189 e. The van der Waals surface area contributed by atoms with Gasteiger partial charge in [-0.1, -0.05) is 29.5 Å². The molecule has 4 heterocycles. The van der Waals surface area contributed by atoms with Gasteiger partial charge in [0.15, 0.2) is 5.13 Å². The Morgan fingerprint density at radius 1 is 1.24 bits per heavy atom. The van der Waals surface area contributed by atoms with Gasteiger partial charge in [0.25, 0.3) is 0 Å². The van der Waals surface area contributed by atoms with Crippen molar-refractivity contribution in [2.24, 2.45) is 0 Å². The summed E-state index contributed by atoms with van der Waals surface area (Å²) in [7, 11) is 0. The molecule has 0 radical (unpaired) electrons. The average molecular weight is 401 g/mol. The molecule has 0 aliphatic carbocycles. The van der Waals surface area contributed by atoms with Gasteiger partial charge in [-0.2, -0.15) is 5.26 Å². The molecule has 3 aromatic heterocycles. The molecule has 1 aliphatic rings. The molecule has 4 aromatic rings. The van der Waals surface area contributed by atoms with Crippen molar-refractivity contribution >= 4 is 33.2 Å². The lowest BCUT2D eigenvalue weighted by Gasteiger charge is -2.24. The molecule has 1 unspecified atom stereocenters. The minimum Gasteiger partial charge on any atom is -0.361 e. The molecule has 1 aliphatic heterocycles. The Kier molecular flexibility index (Phi) is 4.72. The maximum absolute atomic E-state index is 8.98. The number of nitrogens with one attached hydrogen (secondary N) is 2. The van der Waals surface area contributed by atoms with Gasteiger partial charge in [0.2, 0.25) is 0 Å². The van der Waals surface area contributed by atoms with Crippen LogP contribution in [0.5, 0.6) is 0 Å². The van der Waals surface area contributed by atoms with Gasteiger partial charge < -0.3 is 10.3 Å². The molecule has 6 nitrogen and oxygen atoms in total. The molecular weight excluding hydrogens is 380 g/mol. The second kappa shape index (κ2) is 7.66. The number of H-pyrrole nitrogens is 1. The number of thiazole rings is 1. The summed E-state index contributed by atoms with van der Waals surface area (Å²) < 4.78 is 0. The van der Waals surface area contributed by atoms with Crippen LogP contribution in [0.15, 0.2) is 54.9 Å². The number of aromatic nitrogens is 3. The first-order valence-electron chi connectivity index (χ1n) is 9.69. The van der Waals surface area contributed by atoms with Crippen molar-refractivity contribution in [3.05, 3.63) is 71.0 Å². The number of benzene rings is 1. The lowest BCUT2D eigenvalue weighted by atomic mass is 10.1. The number of aromatic amines is 1. The molecule has 1 aromatic carbocycles. The van der Waals surface area contributed by atoms with Crippen molar-refractivity contribution in [1.82, 2.24) is 19.9 Å². The fourth-order valence-electron chi connectivity index (χ4n) is 4.06. The third-order valence-electron chi connectivity index (χ3n) is 5.39. The van der Waals surface area contributed by atoms with Crippen LogP contribution >= 0.6 is 11.3 Å². The Morgan fingerprint density at radius 2 is 2.17 bits per heavy atom. The molecule has 0 bridgehead atoms. The van der Waals surface area contributed by atoms with Crippen LogP contribution in [0.1, 0.15) is 35.0 Å².